The van der Waals surface area contributed by atoms with Gasteiger partial charge >= 0.3 is 6.09 Å². The number of hydrogen-bond acceptors (Lipinski definition) is 6. The largest absolute Gasteiger partial charge is 0.412 e. The molecule has 1 aromatic heterocycles. The highest BCUT2D eigenvalue weighted by molar-refractivity contribution is 7.95. The van der Waals surface area contributed by atoms with Crippen molar-refractivity contribution in [2.75, 3.05) is 12.3 Å². The van der Waals surface area contributed by atoms with E-state index in [2.05, 4.69) is 11.2 Å². The molecule has 0 spiro atoms. The summed E-state index contributed by atoms with van der Waals surface area (Å²) in [5.74, 6) is 3.34. The molecule has 22 heavy (non-hydrogen) atoms. The fourth-order valence-electron chi connectivity index (χ4n) is 1.52. The summed E-state index contributed by atoms with van der Waals surface area (Å²) < 4.78 is 25.8. The van der Waals surface area contributed by atoms with E-state index in [1.165, 1.54) is 10.3 Å². The molecule has 0 saturated heterocycles. The predicted octanol–water partition coefficient (Wildman–Crippen LogP) is 3.48. The molecule has 118 valence electrons. The molecular weight excluding hydrogens is 362 g/mol. The molecule has 1 atom stereocenters. The summed E-state index contributed by atoms with van der Waals surface area (Å²) >= 11 is 5.09. The van der Waals surface area contributed by atoms with E-state index in [9.17, 15) is 9.00 Å². The van der Waals surface area contributed by atoms with Crippen LogP contribution in [0.2, 0.25) is 0 Å². The van der Waals surface area contributed by atoms with Gasteiger partial charge in [0.15, 0.2) is 0 Å². The molecule has 0 aliphatic rings. The molecule has 1 heterocycles. The van der Waals surface area contributed by atoms with Gasteiger partial charge in [-0.3, -0.25) is 0 Å². The number of rotatable bonds is 5. The zero-order valence-electron chi connectivity index (χ0n) is 11.3. The summed E-state index contributed by atoms with van der Waals surface area (Å²) in [6, 6.07) is 8.97. The lowest BCUT2D eigenvalue weighted by Crippen LogP contribution is -2.31. The predicted molar refractivity (Wildman–Crippen MR) is 95.3 cm³/mol. The van der Waals surface area contributed by atoms with Crippen LogP contribution in [0.15, 0.2) is 30.3 Å². The van der Waals surface area contributed by atoms with Gasteiger partial charge in [0, 0.05) is 11.4 Å². The number of nitrogens with one attached hydrogen (secondary N) is 1. The number of ether oxygens (including phenoxy) is 1. The van der Waals surface area contributed by atoms with Gasteiger partial charge in [-0.2, -0.15) is 0 Å². The highest BCUT2D eigenvalue weighted by atomic mass is 32.9. The Kier molecular flexibility index (Phi) is 5.70. The first kappa shape index (κ1) is 17.1. The van der Waals surface area contributed by atoms with Gasteiger partial charge in [-0.25, -0.2) is 9.00 Å². The molecule has 0 saturated carbocycles. The van der Waals surface area contributed by atoms with Crippen molar-refractivity contribution >= 4 is 54.7 Å². The van der Waals surface area contributed by atoms with Crippen molar-refractivity contribution in [1.29, 1.82) is 0 Å². The molecule has 1 unspecified atom stereocenters. The minimum absolute atomic E-state index is 0.0218. The Hall–Kier alpha value is -1.26. The maximum absolute atomic E-state index is 11.5. The molecule has 5 nitrogen and oxygen atoms in total. The Morgan fingerprint density at radius 3 is 2.59 bits per heavy atom. The van der Waals surface area contributed by atoms with Gasteiger partial charge in [0.25, 0.3) is 0 Å². The van der Waals surface area contributed by atoms with Gasteiger partial charge in [-0.15, -0.1) is 0 Å². The lowest BCUT2D eigenvalue weighted by Gasteiger charge is -2.07. The van der Waals surface area contributed by atoms with Crippen LogP contribution < -0.4 is 10.1 Å². The Bertz CT molecular complexity index is 805. The van der Waals surface area contributed by atoms with Crippen LogP contribution in [0.1, 0.15) is 0 Å². The quantitative estimate of drug-likeness (QED) is 0.618. The zero-order valence-corrected chi connectivity index (χ0v) is 14.6. The number of carbonyl (C=O) groups is 1. The Labute approximate surface area is 140 Å². The zero-order chi connectivity index (χ0) is 16.2. The number of carbonyl (C=O) groups excluding carboxylic acids is 1. The van der Waals surface area contributed by atoms with Crippen LogP contribution in [0.4, 0.5) is 4.79 Å². The molecule has 2 aromatic rings. The van der Waals surface area contributed by atoms with Crippen LogP contribution in [0.25, 0.3) is 10.4 Å². The summed E-state index contributed by atoms with van der Waals surface area (Å²) in [6.07, 6.45) is -0.678. The van der Waals surface area contributed by atoms with E-state index in [0.717, 1.165) is 14.3 Å². The summed E-state index contributed by atoms with van der Waals surface area (Å²) in [4.78, 5) is 12.6. The first-order valence-electron chi connectivity index (χ1n) is 6.07. The summed E-state index contributed by atoms with van der Waals surface area (Å²) in [7, 11) is 0.0299. The van der Waals surface area contributed by atoms with Crippen LogP contribution in [-0.2, 0) is 9.80 Å². The summed E-state index contributed by atoms with van der Waals surface area (Å²) in [5, 5.41) is 2.39. The van der Waals surface area contributed by atoms with Crippen molar-refractivity contribution < 1.29 is 18.3 Å². The van der Waals surface area contributed by atoms with Crippen LogP contribution in [0.3, 0.4) is 0 Å². The Balaban J connectivity index is 1.91. The van der Waals surface area contributed by atoms with E-state index in [4.69, 9.17) is 21.5 Å². The third-order valence-corrected chi connectivity index (χ3v) is 6.25. The molecule has 0 bridgehead atoms. The summed E-state index contributed by atoms with van der Waals surface area (Å²) in [5.41, 5.74) is 1.00. The van der Waals surface area contributed by atoms with Crippen molar-refractivity contribution in [3.8, 4) is 16.2 Å². The average Bonchev–Trinajstić information content (AvgIpc) is 2.85. The van der Waals surface area contributed by atoms with E-state index >= 15 is 0 Å². The lowest BCUT2D eigenvalue weighted by atomic mass is 10.2. The monoisotopic (exact) mass is 375 g/mol. The molecule has 2 rings (SSSR count). The highest BCUT2D eigenvalue weighted by Gasteiger charge is 2.06. The van der Waals surface area contributed by atoms with E-state index in [-0.39, 0.29) is 12.3 Å². The third-order valence-electron chi connectivity index (χ3n) is 2.50. The van der Waals surface area contributed by atoms with Gasteiger partial charge in [-0.05, 0) is 41.8 Å². The number of hydrogen-bond donors (Lipinski definition) is 2. The first-order chi connectivity index (χ1) is 10.3. The lowest BCUT2D eigenvalue weighted by molar-refractivity contribution is 0.201. The minimum atomic E-state index is -3.10. The molecule has 2 N–H and O–H groups in total. The average molecular weight is 376 g/mol. The van der Waals surface area contributed by atoms with Crippen molar-refractivity contribution in [3.63, 3.8) is 0 Å². The number of benzene rings is 1. The first-order valence-corrected chi connectivity index (χ1v) is 10.5. The Morgan fingerprint density at radius 1 is 1.36 bits per heavy atom. The topological polar surface area (TPSA) is 75.6 Å². The molecule has 0 aliphatic heterocycles. The normalized spacial score (nSPS) is 13.3. The summed E-state index contributed by atoms with van der Waals surface area (Å²) in [6.45, 7) is 0.0218. The molecule has 0 fully saturated rings. The number of amides is 1. The minimum Gasteiger partial charge on any atom is -0.410 e. The van der Waals surface area contributed by atoms with E-state index in [1.54, 1.807) is 22.5 Å². The van der Waals surface area contributed by atoms with Gasteiger partial charge in [0.2, 0.25) is 0 Å². The van der Waals surface area contributed by atoms with E-state index in [0.29, 0.717) is 5.75 Å². The smallest absolute Gasteiger partial charge is 0.410 e. The highest BCUT2D eigenvalue weighted by Crippen LogP contribution is 2.30. The standard InChI is InChI=1S/C13H13NO4S4/c1-22(16,17)7-6-14-13(15)18-10-4-2-9(3-5-10)11-8-12(19)21-20-11/h2-5,8H,1,6-7H2,(H,14,15)(H,16,17). The van der Waals surface area contributed by atoms with Gasteiger partial charge in [-0.1, -0.05) is 32.9 Å². The second-order valence-corrected chi connectivity index (χ2v) is 9.18. The fourth-order valence-corrected chi connectivity index (χ4v) is 4.34. The molecule has 0 aliphatic carbocycles. The fraction of sp³-hybridized carbons (Fsp3) is 0.154. The Morgan fingerprint density at radius 2 is 2.05 bits per heavy atom. The molecule has 0 radical (unpaired) electrons. The molecular formula is C13H13NO4S4. The molecule has 9 heteroatoms. The van der Waals surface area contributed by atoms with Crippen molar-refractivity contribution in [2.45, 2.75) is 0 Å². The van der Waals surface area contributed by atoms with Gasteiger partial charge in [0.1, 0.15) is 9.57 Å². The maximum atomic E-state index is 11.5. The molecule has 1 amide bonds. The second-order valence-electron chi connectivity index (χ2n) is 4.31. The van der Waals surface area contributed by atoms with Crippen molar-refractivity contribution in [1.82, 2.24) is 5.32 Å². The SMILES string of the molecule is C=S(=O)(O)CCNC(=O)Oc1ccc(-c2cc(=S)ss2)cc1. The maximum Gasteiger partial charge on any atom is 0.412 e. The van der Waals surface area contributed by atoms with Crippen LogP contribution >= 0.6 is 32.9 Å². The van der Waals surface area contributed by atoms with Crippen LogP contribution in [0.5, 0.6) is 5.75 Å². The van der Waals surface area contributed by atoms with Gasteiger partial charge < -0.3 is 14.6 Å². The van der Waals surface area contributed by atoms with E-state index in [1.807, 2.05) is 18.2 Å². The van der Waals surface area contributed by atoms with E-state index < -0.39 is 15.9 Å². The van der Waals surface area contributed by atoms with Gasteiger partial charge in [0.05, 0.1) is 15.6 Å². The molecule has 1 aromatic carbocycles. The van der Waals surface area contributed by atoms with Crippen LogP contribution in [-0.4, -0.2) is 33.0 Å². The third kappa shape index (κ3) is 5.50. The van der Waals surface area contributed by atoms with Crippen molar-refractivity contribution in [3.05, 3.63) is 34.2 Å². The van der Waals surface area contributed by atoms with Crippen LogP contribution in [0, 0.1) is 3.82 Å². The second kappa shape index (κ2) is 7.34. The van der Waals surface area contributed by atoms with Crippen molar-refractivity contribution in [2.24, 2.45) is 0 Å².